The van der Waals surface area contributed by atoms with E-state index in [0.29, 0.717) is 28.6 Å². The maximum atomic E-state index is 12.8. The molecule has 0 radical (unpaired) electrons. The van der Waals surface area contributed by atoms with Crippen LogP contribution in [0.4, 0.5) is 5.00 Å². The summed E-state index contributed by atoms with van der Waals surface area (Å²) >= 11 is 1.29. The van der Waals surface area contributed by atoms with Gasteiger partial charge >= 0.3 is 5.97 Å². The highest BCUT2D eigenvalue weighted by Crippen LogP contribution is 2.38. The summed E-state index contributed by atoms with van der Waals surface area (Å²) in [7, 11) is 0. The zero-order valence-corrected chi connectivity index (χ0v) is 17.5. The highest BCUT2D eigenvalue weighted by atomic mass is 32.1. The van der Waals surface area contributed by atoms with E-state index in [1.54, 1.807) is 0 Å². The van der Waals surface area contributed by atoms with E-state index in [4.69, 9.17) is 4.74 Å². The topological polar surface area (TPSA) is 84.5 Å². The average molecular weight is 415 g/mol. The van der Waals surface area contributed by atoms with E-state index in [0.717, 1.165) is 24.8 Å². The van der Waals surface area contributed by atoms with E-state index in [1.807, 2.05) is 35.7 Å². The van der Waals surface area contributed by atoms with Crippen molar-refractivity contribution in [2.75, 3.05) is 18.5 Å². The first-order valence-corrected chi connectivity index (χ1v) is 10.7. The molecule has 1 saturated carbocycles. The molecule has 6 nitrogen and oxygen atoms in total. The summed E-state index contributed by atoms with van der Waals surface area (Å²) in [5.74, 6) is -0.524. The Labute approximate surface area is 174 Å². The molecule has 154 valence electrons. The lowest BCUT2D eigenvalue weighted by Crippen LogP contribution is -2.30. The molecular formula is C22H26N2O4S. The van der Waals surface area contributed by atoms with Gasteiger partial charge in [-0.05, 0) is 30.7 Å². The zero-order valence-electron chi connectivity index (χ0n) is 16.7. The van der Waals surface area contributed by atoms with Crippen molar-refractivity contribution in [1.82, 2.24) is 5.32 Å². The van der Waals surface area contributed by atoms with Crippen molar-refractivity contribution in [2.45, 2.75) is 33.1 Å². The minimum atomic E-state index is -0.616. The molecule has 1 aliphatic carbocycles. The van der Waals surface area contributed by atoms with Gasteiger partial charge in [-0.2, -0.15) is 0 Å². The minimum absolute atomic E-state index is 0.0212. The Kier molecular flexibility index (Phi) is 7.04. The first-order valence-electron chi connectivity index (χ1n) is 9.87. The Hall–Kier alpha value is -2.67. The van der Waals surface area contributed by atoms with E-state index in [9.17, 15) is 14.4 Å². The maximum absolute atomic E-state index is 12.8. The zero-order chi connectivity index (χ0) is 20.8. The van der Waals surface area contributed by atoms with Crippen molar-refractivity contribution < 1.29 is 19.1 Å². The Balaban J connectivity index is 1.72. The predicted molar refractivity (Wildman–Crippen MR) is 114 cm³/mol. The van der Waals surface area contributed by atoms with Crippen molar-refractivity contribution in [3.8, 4) is 11.1 Å². The normalized spacial score (nSPS) is 13.2. The van der Waals surface area contributed by atoms with Crippen LogP contribution in [-0.4, -0.2) is 30.9 Å². The van der Waals surface area contributed by atoms with E-state index in [-0.39, 0.29) is 24.3 Å². The molecule has 0 spiro atoms. The fraction of sp³-hybridized carbons (Fsp3) is 0.409. The van der Waals surface area contributed by atoms with Gasteiger partial charge in [0.1, 0.15) is 10.6 Å². The van der Waals surface area contributed by atoms with Gasteiger partial charge in [-0.3, -0.25) is 9.59 Å². The van der Waals surface area contributed by atoms with Crippen LogP contribution in [0.2, 0.25) is 0 Å². The van der Waals surface area contributed by atoms with Crippen LogP contribution in [0.3, 0.4) is 0 Å². The molecule has 2 N–H and O–H groups in total. The second-order valence-electron chi connectivity index (χ2n) is 7.59. The number of hydrogen-bond donors (Lipinski definition) is 2. The molecule has 0 unspecified atom stereocenters. The molecule has 1 fully saturated rings. The van der Waals surface area contributed by atoms with Gasteiger partial charge in [0.2, 0.25) is 5.91 Å². The Morgan fingerprint density at radius 2 is 1.90 bits per heavy atom. The minimum Gasteiger partial charge on any atom is -0.452 e. The molecule has 0 saturated heterocycles. The summed E-state index contributed by atoms with van der Waals surface area (Å²) in [6, 6.07) is 9.44. The maximum Gasteiger partial charge on any atom is 0.342 e. The number of anilines is 1. The molecule has 1 aromatic heterocycles. The second kappa shape index (κ2) is 9.69. The largest absolute Gasteiger partial charge is 0.452 e. The van der Waals surface area contributed by atoms with Crippen molar-refractivity contribution in [2.24, 2.45) is 11.8 Å². The monoisotopic (exact) mass is 414 g/mol. The molecule has 2 amide bonds. The van der Waals surface area contributed by atoms with Gasteiger partial charge in [-0.15, -0.1) is 11.3 Å². The number of thiophene rings is 1. The van der Waals surface area contributed by atoms with Crippen LogP contribution >= 0.6 is 11.3 Å². The van der Waals surface area contributed by atoms with Gasteiger partial charge in [0.15, 0.2) is 6.61 Å². The van der Waals surface area contributed by atoms with Crippen molar-refractivity contribution >= 4 is 34.1 Å². The summed E-state index contributed by atoms with van der Waals surface area (Å²) < 4.78 is 5.27. The summed E-state index contributed by atoms with van der Waals surface area (Å²) in [6.45, 7) is 4.35. The lowest BCUT2D eigenvalue weighted by molar-refractivity contribution is -0.124. The first-order chi connectivity index (χ1) is 14.0. The second-order valence-corrected chi connectivity index (χ2v) is 8.47. The van der Waals surface area contributed by atoms with Crippen LogP contribution in [-0.2, 0) is 14.3 Å². The van der Waals surface area contributed by atoms with Crippen molar-refractivity contribution in [3.63, 3.8) is 0 Å². The van der Waals surface area contributed by atoms with Gasteiger partial charge in [0, 0.05) is 23.4 Å². The molecule has 2 aromatic rings. The van der Waals surface area contributed by atoms with Gasteiger partial charge in [0.25, 0.3) is 5.91 Å². The fourth-order valence-corrected chi connectivity index (χ4v) is 3.76. The molecule has 7 heteroatoms. The predicted octanol–water partition coefficient (Wildman–Crippen LogP) is 4.08. The molecule has 0 aliphatic heterocycles. The molecule has 1 heterocycles. The third-order valence-electron chi connectivity index (χ3n) is 4.64. The molecular weight excluding hydrogens is 388 g/mol. The SMILES string of the molecule is CC(C)CCNC(=O)COC(=O)c1c(-c2ccccc2)csc1NC(=O)C1CC1. The highest BCUT2D eigenvalue weighted by molar-refractivity contribution is 7.15. The molecule has 29 heavy (non-hydrogen) atoms. The van der Waals surface area contributed by atoms with Gasteiger partial charge in [-0.1, -0.05) is 44.2 Å². The van der Waals surface area contributed by atoms with Gasteiger partial charge in [0.05, 0.1) is 0 Å². The van der Waals surface area contributed by atoms with Crippen molar-refractivity contribution in [1.29, 1.82) is 0 Å². The molecule has 1 aliphatic rings. The van der Waals surface area contributed by atoms with E-state index in [1.165, 1.54) is 11.3 Å². The van der Waals surface area contributed by atoms with Crippen LogP contribution in [0.1, 0.15) is 43.5 Å². The third-order valence-corrected chi connectivity index (χ3v) is 5.54. The van der Waals surface area contributed by atoms with Crippen LogP contribution in [0, 0.1) is 11.8 Å². The lowest BCUT2D eigenvalue weighted by Gasteiger charge is -2.10. The van der Waals surface area contributed by atoms with Crippen LogP contribution in [0.25, 0.3) is 11.1 Å². The Morgan fingerprint density at radius 3 is 2.55 bits per heavy atom. The number of ether oxygens (including phenoxy) is 1. The van der Waals surface area contributed by atoms with Crippen LogP contribution in [0.5, 0.6) is 0 Å². The van der Waals surface area contributed by atoms with Gasteiger partial charge in [-0.25, -0.2) is 4.79 Å². The quantitative estimate of drug-likeness (QED) is 0.606. The third kappa shape index (κ3) is 5.90. The van der Waals surface area contributed by atoms with E-state index in [2.05, 4.69) is 24.5 Å². The number of rotatable bonds is 9. The molecule has 1 aromatic carbocycles. The Bertz CT molecular complexity index is 872. The number of esters is 1. The van der Waals surface area contributed by atoms with Crippen LogP contribution in [0.15, 0.2) is 35.7 Å². The van der Waals surface area contributed by atoms with E-state index < -0.39 is 5.97 Å². The number of benzene rings is 1. The fourth-order valence-electron chi connectivity index (χ4n) is 2.80. The summed E-state index contributed by atoms with van der Waals surface area (Å²) in [5.41, 5.74) is 1.83. The first kappa shape index (κ1) is 21.0. The number of nitrogens with one attached hydrogen (secondary N) is 2. The standard InChI is InChI=1S/C22H26N2O4S/c1-14(2)10-11-23-18(25)12-28-22(27)19-17(15-6-4-3-5-7-15)13-29-21(19)24-20(26)16-8-9-16/h3-7,13-14,16H,8-12H2,1-2H3,(H,23,25)(H,24,26). The number of carbonyl (C=O) groups excluding carboxylic acids is 3. The average Bonchev–Trinajstić information content (AvgIpc) is 3.47. The Morgan fingerprint density at radius 1 is 1.17 bits per heavy atom. The molecule has 3 rings (SSSR count). The summed E-state index contributed by atoms with van der Waals surface area (Å²) in [4.78, 5) is 37.0. The number of hydrogen-bond acceptors (Lipinski definition) is 5. The smallest absolute Gasteiger partial charge is 0.342 e. The highest BCUT2D eigenvalue weighted by Gasteiger charge is 2.32. The lowest BCUT2D eigenvalue weighted by atomic mass is 10.0. The summed E-state index contributed by atoms with van der Waals surface area (Å²) in [5, 5.41) is 7.90. The van der Waals surface area contributed by atoms with E-state index >= 15 is 0 Å². The molecule has 0 atom stereocenters. The number of carbonyl (C=O) groups is 3. The summed E-state index contributed by atoms with van der Waals surface area (Å²) in [6.07, 6.45) is 2.61. The molecule has 0 bridgehead atoms. The number of amides is 2. The van der Waals surface area contributed by atoms with Crippen molar-refractivity contribution in [3.05, 3.63) is 41.3 Å². The van der Waals surface area contributed by atoms with Gasteiger partial charge < -0.3 is 15.4 Å². The van der Waals surface area contributed by atoms with Crippen LogP contribution < -0.4 is 10.6 Å².